The van der Waals surface area contributed by atoms with Gasteiger partial charge in [0.25, 0.3) is 0 Å². The lowest BCUT2D eigenvalue weighted by Gasteiger charge is -2.08. The highest BCUT2D eigenvalue weighted by atomic mass is 35.5. The Balaban J connectivity index is 0. The average Bonchev–Trinajstić information content (AvgIpc) is 1.91. The molecule has 0 spiro atoms. The number of carbonyl (C=O) groups is 1. The third-order valence-corrected chi connectivity index (χ3v) is 1.48. The first-order chi connectivity index (χ1) is 4.76. The zero-order valence-corrected chi connectivity index (χ0v) is 7.61. The Hall–Kier alpha value is -0.320. The van der Waals surface area contributed by atoms with E-state index in [2.05, 4.69) is 4.84 Å². The standard InChI is InChI=1S/C6H14N2O2.ClH/c1-3-5(4-2)6(9)10-8-7;/h5,8H,3-4,7H2,1-2H3;1H. The SMILES string of the molecule is CCC(CC)C(=O)ONN.Cl. The maximum atomic E-state index is 10.8. The molecule has 0 aromatic carbocycles. The smallest absolute Gasteiger partial charge is 0.329 e. The molecule has 0 saturated heterocycles. The molecule has 0 aliphatic rings. The van der Waals surface area contributed by atoms with Crippen LogP contribution in [0.5, 0.6) is 0 Å². The minimum Gasteiger partial charge on any atom is -0.356 e. The van der Waals surface area contributed by atoms with Gasteiger partial charge in [0, 0.05) is 0 Å². The Kier molecular flexibility index (Phi) is 9.40. The van der Waals surface area contributed by atoms with Crippen LogP contribution in [0.3, 0.4) is 0 Å². The van der Waals surface area contributed by atoms with E-state index in [0.717, 1.165) is 12.8 Å². The van der Waals surface area contributed by atoms with Gasteiger partial charge in [0.05, 0.1) is 5.92 Å². The largest absolute Gasteiger partial charge is 0.356 e. The van der Waals surface area contributed by atoms with Crippen LogP contribution < -0.4 is 11.4 Å². The summed E-state index contributed by atoms with van der Waals surface area (Å²) in [5, 5.41) is 0. The number of carbonyl (C=O) groups excluding carboxylic acids is 1. The summed E-state index contributed by atoms with van der Waals surface area (Å²) in [7, 11) is 0. The molecule has 0 aliphatic heterocycles. The summed E-state index contributed by atoms with van der Waals surface area (Å²) in [4.78, 5) is 15.2. The molecule has 0 aromatic rings. The van der Waals surface area contributed by atoms with Crippen molar-refractivity contribution in [1.29, 1.82) is 0 Å². The Labute approximate surface area is 72.8 Å². The molecule has 0 atom stereocenters. The molecule has 0 aromatic heterocycles. The van der Waals surface area contributed by atoms with E-state index < -0.39 is 0 Å². The first kappa shape index (κ1) is 13.3. The lowest BCUT2D eigenvalue weighted by molar-refractivity contribution is -0.156. The fraction of sp³-hybridized carbons (Fsp3) is 0.833. The van der Waals surface area contributed by atoms with Gasteiger partial charge in [-0.3, -0.25) is 0 Å². The van der Waals surface area contributed by atoms with Crippen molar-refractivity contribution in [3.8, 4) is 0 Å². The minimum absolute atomic E-state index is 0. The summed E-state index contributed by atoms with van der Waals surface area (Å²) in [6, 6.07) is 0. The lowest BCUT2D eigenvalue weighted by atomic mass is 10.0. The summed E-state index contributed by atoms with van der Waals surface area (Å²) in [5.74, 6) is 4.47. The Morgan fingerprint density at radius 3 is 2.27 bits per heavy atom. The van der Waals surface area contributed by atoms with Crippen molar-refractivity contribution in [2.24, 2.45) is 11.8 Å². The third kappa shape index (κ3) is 5.01. The van der Waals surface area contributed by atoms with Gasteiger partial charge in [-0.2, -0.15) is 0 Å². The fourth-order valence-electron chi connectivity index (χ4n) is 0.763. The second-order valence-corrected chi connectivity index (χ2v) is 2.05. The molecule has 0 unspecified atom stereocenters. The highest BCUT2D eigenvalue weighted by Crippen LogP contribution is 2.07. The second kappa shape index (κ2) is 7.78. The maximum Gasteiger partial charge on any atom is 0.329 e. The van der Waals surface area contributed by atoms with Crippen LogP contribution in [0.1, 0.15) is 26.7 Å². The highest BCUT2D eigenvalue weighted by Gasteiger charge is 2.14. The van der Waals surface area contributed by atoms with Gasteiger partial charge in [0.2, 0.25) is 0 Å². The van der Waals surface area contributed by atoms with Gasteiger partial charge in [0.1, 0.15) is 0 Å². The van der Waals surface area contributed by atoms with Gasteiger partial charge in [-0.1, -0.05) is 19.4 Å². The molecule has 0 bridgehead atoms. The Morgan fingerprint density at radius 1 is 1.55 bits per heavy atom. The number of nitrogens with one attached hydrogen (secondary N) is 1. The van der Waals surface area contributed by atoms with Crippen molar-refractivity contribution in [2.75, 3.05) is 0 Å². The molecule has 0 saturated carbocycles. The molecule has 0 amide bonds. The third-order valence-electron chi connectivity index (χ3n) is 1.48. The zero-order valence-electron chi connectivity index (χ0n) is 6.79. The quantitative estimate of drug-likeness (QED) is 0.498. The first-order valence-corrected chi connectivity index (χ1v) is 3.42. The number of rotatable bonds is 4. The molecule has 68 valence electrons. The molecule has 4 nitrogen and oxygen atoms in total. The summed E-state index contributed by atoms with van der Waals surface area (Å²) < 4.78 is 0. The Morgan fingerprint density at radius 2 is 2.00 bits per heavy atom. The normalized spacial score (nSPS) is 9.09. The van der Waals surface area contributed by atoms with Gasteiger partial charge in [-0.05, 0) is 12.8 Å². The van der Waals surface area contributed by atoms with Crippen LogP contribution in [0.15, 0.2) is 0 Å². The van der Waals surface area contributed by atoms with Crippen LogP contribution in [0, 0.1) is 5.92 Å². The molecule has 0 aliphatic carbocycles. The van der Waals surface area contributed by atoms with Crippen LogP contribution in [0.2, 0.25) is 0 Å². The number of hydrogen-bond donors (Lipinski definition) is 2. The monoisotopic (exact) mass is 182 g/mol. The van der Waals surface area contributed by atoms with E-state index in [-0.39, 0.29) is 24.3 Å². The van der Waals surface area contributed by atoms with Crippen LogP contribution in [-0.4, -0.2) is 5.97 Å². The molecule has 11 heavy (non-hydrogen) atoms. The first-order valence-electron chi connectivity index (χ1n) is 3.42. The molecule has 0 fully saturated rings. The zero-order chi connectivity index (χ0) is 7.98. The van der Waals surface area contributed by atoms with Crippen LogP contribution in [0.4, 0.5) is 0 Å². The van der Waals surface area contributed by atoms with Crippen molar-refractivity contribution in [3.63, 3.8) is 0 Å². The number of hydrogen-bond acceptors (Lipinski definition) is 4. The van der Waals surface area contributed by atoms with E-state index in [4.69, 9.17) is 5.84 Å². The van der Waals surface area contributed by atoms with Crippen molar-refractivity contribution in [2.45, 2.75) is 26.7 Å². The van der Waals surface area contributed by atoms with Crippen LogP contribution in [-0.2, 0) is 9.63 Å². The predicted molar refractivity (Wildman–Crippen MR) is 44.7 cm³/mol. The maximum absolute atomic E-state index is 10.8. The van der Waals surface area contributed by atoms with Crippen molar-refractivity contribution >= 4 is 18.4 Å². The average molecular weight is 183 g/mol. The van der Waals surface area contributed by atoms with Crippen molar-refractivity contribution < 1.29 is 9.63 Å². The predicted octanol–water partition coefficient (Wildman–Crippen LogP) is 0.766. The number of nitrogens with two attached hydrogens (primary N) is 1. The van der Waals surface area contributed by atoms with E-state index in [1.807, 2.05) is 19.4 Å². The molecule has 0 rings (SSSR count). The fourth-order valence-corrected chi connectivity index (χ4v) is 0.763. The van der Waals surface area contributed by atoms with Crippen LogP contribution in [0.25, 0.3) is 0 Å². The summed E-state index contributed by atoms with van der Waals surface area (Å²) in [6.45, 7) is 3.87. The van der Waals surface area contributed by atoms with E-state index in [1.54, 1.807) is 0 Å². The van der Waals surface area contributed by atoms with Crippen molar-refractivity contribution in [1.82, 2.24) is 5.59 Å². The van der Waals surface area contributed by atoms with Gasteiger partial charge in [-0.15, -0.1) is 12.4 Å². The van der Waals surface area contributed by atoms with Gasteiger partial charge in [-0.25, -0.2) is 10.6 Å². The topological polar surface area (TPSA) is 64.3 Å². The summed E-state index contributed by atoms with van der Waals surface area (Å²) in [6.07, 6.45) is 1.58. The highest BCUT2D eigenvalue weighted by molar-refractivity contribution is 5.85. The van der Waals surface area contributed by atoms with Gasteiger partial charge in [0.15, 0.2) is 0 Å². The van der Waals surface area contributed by atoms with Gasteiger partial charge < -0.3 is 4.84 Å². The molecular formula is C6H15ClN2O2. The second-order valence-electron chi connectivity index (χ2n) is 2.05. The van der Waals surface area contributed by atoms with E-state index >= 15 is 0 Å². The van der Waals surface area contributed by atoms with E-state index in [0.29, 0.717) is 0 Å². The number of halogens is 1. The van der Waals surface area contributed by atoms with E-state index in [1.165, 1.54) is 0 Å². The molecular weight excluding hydrogens is 168 g/mol. The summed E-state index contributed by atoms with van der Waals surface area (Å²) in [5.41, 5.74) is 1.87. The number of hydrazine groups is 1. The lowest BCUT2D eigenvalue weighted by Crippen LogP contribution is -2.29. The van der Waals surface area contributed by atoms with Crippen LogP contribution >= 0.6 is 12.4 Å². The van der Waals surface area contributed by atoms with Crippen molar-refractivity contribution in [3.05, 3.63) is 0 Å². The van der Waals surface area contributed by atoms with Gasteiger partial charge >= 0.3 is 5.97 Å². The molecule has 5 heteroatoms. The molecule has 0 heterocycles. The van der Waals surface area contributed by atoms with E-state index in [9.17, 15) is 4.79 Å². The molecule has 0 radical (unpaired) electrons. The molecule has 3 N–H and O–H groups in total. The Bertz CT molecular complexity index is 107. The summed E-state index contributed by atoms with van der Waals surface area (Å²) >= 11 is 0. The minimum atomic E-state index is -0.285.